The molecular formula is C19H17NO4. The predicted molar refractivity (Wildman–Crippen MR) is 91.2 cm³/mol. The predicted octanol–water partition coefficient (Wildman–Crippen LogP) is 2.86. The first-order valence-corrected chi connectivity index (χ1v) is 7.73. The highest BCUT2D eigenvalue weighted by molar-refractivity contribution is 5.97. The molecule has 0 unspecified atom stereocenters. The van der Waals surface area contributed by atoms with E-state index >= 15 is 0 Å². The van der Waals surface area contributed by atoms with Crippen LogP contribution in [-0.2, 0) is 6.42 Å². The summed E-state index contributed by atoms with van der Waals surface area (Å²) in [5, 5.41) is 12.9. The van der Waals surface area contributed by atoms with Crippen molar-refractivity contribution in [2.24, 2.45) is 0 Å². The summed E-state index contributed by atoms with van der Waals surface area (Å²) in [4.78, 5) is 24.1. The topological polar surface area (TPSA) is 79.5 Å². The Morgan fingerprint density at radius 3 is 2.67 bits per heavy atom. The molecule has 5 nitrogen and oxygen atoms in total. The van der Waals surface area contributed by atoms with Crippen LogP contribution in [0.1, 0.15) is 22.3 Å². The van der Waals surface area contributed by atoms with E-state index in [-0.39, 0.29) is 16.9 Å². The van der Waals surface area contributed by atoms with Crippen molar-refractivity contribution >= 4 is 16.9 Å². The van der Waals surface area contributed by atoms with Crippen LogP contribution in [-0.4, -0.2) is 17.6 Å². The highest BCUT2D eigenvalue weighted by Crippen LogP contribution is 2.23. The van der Waals surface area contributed by atoms with Crippen molar-refractivity contribution in [1.82, 2.24) is 5.32 Å². The molecule has 24 heavy (non-hydrogen) atoms. The van der Waals surface area contributed by atoms with Crippen LogP contribution in [0.4, 0.5) is 0 Å². The minimum absolute atomic E-state index is 0.0330. The van der Waals surface area contributed by atoms with Crippen LogP contribution in [0.3, 0.4) is 0 Å². The number of phenolic OH excluding ortho intramolecular Hbond substituents is 1. The minimum atomic E-state index is -0.714. The van der Waals surface area contributed by atoms with Gasteiger partial charge < -0.3 is 14.8 Å². The van der Waals surface area contributed by atoms with Crippen LogP contribution in [0.25, 0.3) is 11.0 Å². The number of fused-ring (bicyclic) bond motifs is 1. The van der Waals surface area contributed by atoms with E-state index in [1.165, 1.54) is 17.7 Å². The fourth-order valence-corrected chi connectivity index (χ4v) is 2.52. The van der Waals surface area contributed by atoms with Gasteiger partial charge in [-0.2, -0.15) is 0 Å². The Labute approximate surface area is 138 Å². The maximum Gasteiger partial charge on any atom is 0.349 e. The largest absolute Gasteiger partial charge is 0.507 e. The fraction of sp³-hybridized carbons (Fsp3) is 0.158. The van der Waals surface area contributed by atoms with Gasteiger partial charge >= 0.3 is 5.63 Å². The van der Waals surface area contributed by atoms with Gasteiger partial charge in [0.15, 0.2) is 0 Å². The Hall–Kier alpha value is -3.08. The molecule has 0 saturated carbocycles. The first kappa shape index (κ1) is 15.8. The lowest BCUT2D eigenvalue weighted by Gasteiger charge is -2.06. The number of aryl methyl sites for hydroxylation is 1. The van der Waals surface area contributed by atoms with E-state index in [2.05, 4.69) is 5.32 Å². The second-order valence-electron chi connectivity index (χ2n) is 5.48. The van der Waals surface area contributed by atoms with Crippen molar-refractivity contribution in [3.63, 3.8) is 0 Å². The van der Waals surface area contributed by atoms with Crippen molar-refractivity contribution in [3.8, 4) is 5.75 Å². The summed E-state index contributed by atoms with van der Waals surface area (Å²) in [5.74, 6) is -0.531. The van der Waals surface area contributed by atoms with Crippen molar-refractivity contribution < 1.29 is 14.3 Å². The zero-order valence-corrected chi connectivity index (χ0v) is 13.0. The molecule has 2 aromatic carbocycles. The van der Waals surface area contributed by atoms with Gasteiger partial charge in [0.2, 0.25) is 0 Å². The molecule has 3 rings (SSSR count). The van der Waals surface area contributed by atoms with Gasteiger partial charge in [-0.15, -0.1) is 0 Å². The summed E-state index contributed by atoms with van der Waals surface area (Å²) >= 11 is 0. The highest BCUT2D eigenvalue weighted by atomic mass is 16.4. The average molecular weight is 323 g/mol. The molecule has 5 heteroatoms. The average Bonchev–Trinajstić information content (AvgIpc) is 2.59. The molecule has 122 valence electrons. The Morgan fingerprint density at radius 2 is 1.88 bits per heavy atom. The number of benzene rings is 2. The first-order chi connectivity index (χ1) is 11.6. The van der Waals surface area contributed by atoms with Crippen LogP contribution < -0.4 is 10.9 Å². The van der Waals surface area contributed by atoms with E-state index in [4.69, 9.17) is 4.42 Å². The van der Waals surface area contributed by atoms with Gasteiger partial charge in [0.05, 0.1) is 5.39 Å². The van der Waals surface area contributed by atoms with Gasteiger partial charge in [-0.3, -0.25) is 4.79 Å². The van der Waals surface area contributed by atoms with Crippen LogP contribution in [0.2, 0.25) is 0 Å². The summed E-state index contributed by atoms with van der Waals surface area (Å²) in [7, 11) is 0. The highest BCUT2D eigenvalue weighted by Gasteiger charge is 2.14. The van der Waals surface area contributed by atoms with Crippen LogP contribution >= 0.6 is 0 Å². The Bertz CT molecular complexity index is 916. The molecule has 2 N–H and O–H groups in total. The maximum atomic E-state index is 12.2. The zero-order chi connectivity index (χ0) is 16.9. The molecule has 0 aliphatic rings. The van der Waals surface area contributed by atoms with Crippen LogP contribution in [0.15, 0.2) is 63.8 Å². The Balaban J connectivity index is 1.66. The van der Waals surface area contributed by atoms with Gasteiger partial charge in [-0.05, 0) is 36.6 Å². The van der Waals surface area contributed by atoms with Crippen LogP contribution in [0.5, 0.6) is 5.75 Å². The molecular weight excluding hydrogens is 306 g/mol. The van der Waals surface area contributed by atoms with E-state index in [1.807, 2.05) is 30.3 Å². The van der Waals surface area contributed by atoms with Crippen molar-refractivity contribution in [3.05, 3.63) is 76.1 Å². The third-order valence-corrected chi connectivity index (χ3v) is 3.77. The maximum absolute atomic E-state index is 12.2. The molecule has 0 aliphatic carbocycles. The number of carbonyl (C=O) groups excluding carboxylic acids is 1. The molecule has 0 bridgehead atoms. The number of rotatable bonds is 5. The standard InChI is InChI=1S/C19H17NO4/c21-16-9-4-10-17-14(16)12-15(19(23)24-17)18(22)20-11-5-8-13-6-2-1-3-7-13/h1-4,6-7,9-10,12,21H,5,8,11H2,(H,20,22). The van der Waals surface area contributed by atoms with Crippen molar-refractivity contribution in [1.29, 1.82) is 0 Å². The second kappa shape index (κ2) is 7.00. The number of hydrogen-bond acceptors (Lipinski definition) is 4. The molecule has 0 atom stereocenters. The molecule has 0 radical (unpaired) electrons. The molecule has 3 aromatic rings. The number of nitrogens with one attached hydrogen (secondary N) is 1. The summed E-state index contributed by atoms with van der Waals surface area (Å²) < 4.78 is 5.09. The molecule has 0 aliphatic heterocycles. The third kappa shape index (κ3) is 3.46. The Kier molecular flexibility index (Phi) is 4.61. The summed E-state index contributed by atoms with van der Waals surface area (Å²) in [5.41, 5.74) is 0.625. The Morgan fingerprint density at radius 1 is 1.08 bits per heavy atom. The lowest BCUT2D eigenvalue weighted by molar-refractivity contribution is 0.0949. The third-order valence-electron chi connectivity index (χ3n) is 3.77. The van der Waals surface area contributed by atoms with Gasteiger partial charge in [0.25, 0.3) is 5.91 Å². The number of amides is 1. The number of phenols is 1. The van der Waals surface area contributed by atoms with E-state index in [0.29, 0.717) is 11.9 Å². The normalized spacial score (nSPS) is 10.7. The lowest BCUT2D eigenvalue weighted by Crippen LogP contribution is -2.29. The quantitative estimate of drug-likeness (QED) is 0.559. The van der Waals surface area contributed by atoms with Gasteiger partial charge in [-0.1, -0.05) is 36.4 Å². The van der Waals surface area contributed by atoms with Gasteiger partial charge in [0.1, 0.15) is 16.9 Å². The van der Waals surface area contributed by atoms with Crippen molar-refractivity contribution in [2.45, 2.75) is 12.8 Å². The number of carbonyl (C=O) groups is 1. The zero-order valence-electron chi connectivity index (χ0n) is 13.0. The van der Waals surface area contributed by atoms with Gasteiger partial charge in [-0.25, -0.2) is 4.79 Å². The summed E-state index contributed by atoms with van der Waals surface area (Å²) in [6.45, 7) is 0.450. The first-order valence-electron chi connectivity index (χ1n) is 7.73. The summed E-state index contributed by atoms with van der Waals surface area (Å²) in [6.07, 6.45) is 1.61. The second-order valence-corrected chi connectivity index (χ2v) is 5.48. The molecule has 0 saturated heterocycles. The van der Waals surface area contributed by atoms with Crippen molar-refractivity contribution in [2.75, 3.05) is 6.54 Å². The SMILES string of the molecule is O=C(NCCCc1ccccc1)c1cc2c(O)cccc2oc1=O. The minimum Gasteiger partial charge on any atom is -0.507 e. The smallest absolute Gasteiger partial charge is 0.349 e. The van der Waals surface area contributed by atoms with E-state index in [1.54, 1.807) is 12.1 Å². The molecule has 1 amide bonds. The molecule has 0 fully saturated rings. The lowest BCUT2D eigenvalue weighted by atomic mass is 10.1. The van der Waals surface area contributed by atoms with E-state index in [0.717, 1.165) is 12.8 Å². The number of aromatic hydroxyl groups is 1. The summed E-state index contributed by atoms with van der Waals surface area (Å²) in [6, 6.07) is 15.9. The fourth-order valence-electron chi connectivity index (χ4n) is 2.52. The van der Waals surface area contributed by atoms with Crippen LogP contribution in [0, 0.1) is 0 Å². The molecule has 1 heterocycles. The van der Waals surface area contributed by atoms with Gasteiger partial charge in [0, 0.05) is 6.54 Å². The number of hydrogen-bond donors (Lipinski definition) is 2. The van der Waals surface area contributed by atoms with E-state index in [9.17, 15) is 14.7 Å². The monoisotopic (exact) mass is 323 g/mol. The molecule has 0 spiro atoms. The molecule has 1 aromatic heterocycles. The van der Waals surface area contributed by atoms with E-state index < -0.39 is 11.5 Å².